The number of carbonyl (C=O) groups is 1. The van der Waals surface area contributed by atoms with E-state index < -0.39 is 0 Å². The van der Waals surface area contributed by atoms with Crippen molar-refractivity contribution in [2.24, 2.45) is 52.3 Å². The topological polar surface area (TPSA) is 37.3 Å². The van der Waals surface area contributed by atoms with Crippen LogP contribution in [0.2, 0.25) is 0 Å². The van der Waals surface area contributed by atoms with Gasteiger partial charge in [-0.05, 0) is 104 Å². The number of carbonyl (C=O) groups excluding carboxylic acids is 1. The molecular formula is C29H46O2. The van der Waals surface area contributed by atoms with Gasteiger partial charge < -0.3 is 5.11 Å². The van der Waals surface area contributed by atoms with E-state index in [2.05, 4.69) is 53.7 Å². The van der Waals surface area contributed by atoms with Gasteiger partial charge in [0, 0.05) is 5.92 Å². The zero-order valence-corrected chi connectivity index (χ0v) is 20.9. The zero-order chi connectivity index (χ0) is 22.6. The van der Waals surface area contributed by atoms with E-state index in [1.54, 1.807) is 0 Å². The van der Waals surface area contributed by atoms with E-state index in [0.29, 0.717) is 47.7 Å². The lowest BCUT2D eigenvalue weighted by Gasteiger charge is -2.57. The molecule has 0 aliphatic heterocycles. The predicted octanol–water partition coefficient (Wildman–Crippen LogP) is 6.98. The highest BCUT2D eigenvalue weighted by Crippen LogP contribution is 2.66. The van der Waals surface area contributed by atoms with Gasteiger partial charge in [0.2, 0.25) is 0 Å². The highest BCUT2D eigenvalue weighted by atomic mass is 16.3. The first-order chi connectivity index (χ1) is 14.6. The van der Waals surface area contributed by atoms with E-state index >= 15 is 0 Å². The van der Waals surface area contributed by atoms with Crippen LogP contribution >= 0.6 is 0 Å². The number of aliphatic hydroxyl groups is 1. The van der Waals surface area contributed by atoms with E-state index in [1.165, 1.54) is 37.7 Å². The monoisotopic (exact) mass is 426 g/mol. The average molecular weight is 427 g/mol. The van der Waals surface area contributed by atoms with E-state index in [1.807, 2.05) is 6.08 Å². The highest BCUT2D eigenvalue weighted by Gasteiger charge is 2.61. The second-order valence-corrected chi connectivity index (χ2v) is 12.4. The molecule has 0 spiro atoms. The summed E-state index contributed by atoms with van der Waals surface area (Å²) in [7, 11) is 0. The van der Waals surface area contributed by atoms with Crippen molar-refractivity contribution in [3.8, 4) is 0 Å². The van der Waals surface area contributed by atoms with Crippen molar-refractivity contribution in [2.45, 2.75) is 99.0 Å². The van der Waals surface area contributed by atoms with Crippen LogP contribution in [0.5, 0.6) is 0 Å². The summed E-state index contributed by atoms with van der Waals surface area (Å²) in [6.45, 7) is 14.3. The fourth-order valence-corrected chi connectivity index (χ4v) is 8.57. The van der Waals surface area contributed by atoms with Crippen molar-refractivity contribution in [3.05, 3.63) is 23.8 Å². The van der Waals surface area contributed by atoms with Gasteiger partial charge >= 0.3 is 0 Å². The van der Waals surface area contributed by atoms with Gasteiger partial charge in [0.05, 0.1) is 6.10 Å². The van der Waals surface area contributed by atoms with Gasteiger partial charge in [-0.2, -0.15) is 0 Å². The summed E-state index contributed by atoms with van der Waals surface area (Å²) in [6, 6.07) is 0. The maximum Gasteiger partial charge on any atom is 0.159 e. The normalized spacial score (nSPS) is 44.6. The van der Waals surface area contributed by atoms with Gasteiger partial charge in [0.1, 0.15) is 0 Å². The van der Waals surface area contributed by atoms with Crippen LogP contribution in [0.3, 0.4) is 0 Å². The quantitative estimate of drug-likeness (QED) is 0.481. The lowest BCUT2D eigenvalue weighted by atomic mass is 9.46. The third-order valence-electron chi connectivity index (χ3n) is 10.6. The number of aliphatic hydroxyl groups excluding tert-OH is 1. The summed E-state index contributed by atoms with van der Waals surface area (Å²) in [5.74, 6) is 4.27. The Morgan fingerprint density at radius 1 is 1.06 bits per heavy atom. The molecule has 2 nitrogen and oxygen atoms in total. The van der Waals surface area contributed by atoms with Gasteiger partial charge in [-0.3, -0.25) is 4.79 Å². The molecule has 0 bridgehead atoms. The smallest absolute Gasteiger partial charge is 0.159 e. The third kappa shape index (κ3) is 3.79. The van der Waals surface area contributed by atoms with Crippen molar-refractivity contribution >= 4 is 5.78 Å². The molecule has 1 unspecified atom stereocenters. The van der Waals surface area contributed by atoms with Crippen molar-refractivity contribution in [1.82, 2.24) is 0 Å². The number of hydrogen-bond donors (Lipinski definition) is 1. The van der Waals surface area contributed by atoms with Gasteiger partial charge in [-0.25, -0.2) is 0 Å². The summed E-state index contributed by atoms with van der Waals surface area (Å²) >= 11 is 0. The second kappa shape index (κ2) is 8.47. The number of fused-ring (bicyclic) bond motifs is 5. The van der Waals surface area contributed by atoms with E-state index in [9.17, 15) is 9.90 Å². The number of allylic oxidation sites excluding steroid dienone is 3. The molecule has 4 rings (SSSR count). The van der Waals surface area contributed by atoms with Gasteiger partial charge in [-0.1, -0.05) is 59.3 Å². The molecule has 0 aromatic rings. The van der Waals surface area contributed by atoms with Crippen molar-refractivity contribution in [1.29, 1.82) is 0 Å². The molecule has 3 saturated carbocycles. The Morgan fingerprint density at radius 2 is 1.81 bits per heavy atom. The van der Waals surface area contributed by atoms with Crippen LogP contribution in [0.25, 0.3) is 0 Å². The van der Waals surface area contributed by atoms with Gasteiger partial charge in [-0.15, -0.1) is 0 Å². The molecular weight excluding hydrogens is 380 g/mol. The molecule has 2 heteroatoms. The molecule has 9 atom stereocenters. The first-order valence-electron chi connectivity index (χ1n) is 13.2. The van der Waals surface area contributed by atoms with Gasteiger partial charge in [0.25, 0.3) is 0 Å². The van der Waals surface area contributed by atoms with Crippen LogP contribution in [-0.2, 0) is 4.79 Å². The summed E-state index contributed by atoms with van der Waals surface area (Å²) in [5, 5.41) is 10.2. The molecule has 0 radical (unpaired) electrons. The summed E-state index contributed by atoms with van der Waals surface area (Å²) < 4.78 is 0. The van der Waals surface area contributed by atoms with Crippen LogP contribution in [0.4, 0.5) is 0 Å². The first kappa shape index (κ1) is 23.3. The standard InChI is InChI=1S/C29H46O2/c1-7-20(18(2)3)9-8-19(4)23-10-11-24-27-25(13-15-29(23,24)6)28(5)14-12-22(30)16-21(28)17-26(27)31/h8-9,17-20,22-25,27,30H,7,10-16H2,1-6H3/b9-8+/t19-,20?,22+,23-,24+,25+,27+,28+,29-/m1/s1. The van der Waals surface area contributed by atoms with Crippen molar-refractivity contribution in [3.63, 3.8) is 0 Å². The maximum atomic E-state index is 13.5. The molecule has 0 saturated heterocycles. The minimum absolute atomic E-state index is 0.133. The molecule has 0 aromatic carbocycles. The SMILES string of the molecule is CCC(/C=C/[C@@H](C)[C@H]1CC[C@H]2[C@@H]3C(=O)C=C4C[C@@H](O)CC[C@]4(C)[C@H]3CC[C@]12C)C(C)C. The molecule has 4 aliphatic rings. The zero-order valence-electron chi connectivity index (χ0n) is 20.9. The first-order valence-corrected chi connectivity index (χ1v) is 13.2. The third-order valence-corrected chi connectivity index (χ3v) is 10.6. The predicted molar refractivity (Wildman–Crippen MR) is 129 cm³/mol. The van der Waals surface area contributed by atoms with E-state index in [-0.39, 0.29) is 22.9 Å². The fraction of sp³-hybridized carbons (Fsp3) is 0.828. The number of ketones is 1. The molecule has 0 amide bonds. The van der Waals surface area contributed by atoms with Crippen molar-refractivity contribution in [2.75, 3.05) is 0 Å². The van der Waals surface area contributed by atoms with Crippen LogP contribution in [-0.4, -0.2) is 17.0 Å². The summed E-state index contributed by atoms with van der Waals surface area (Å²) in [4.78, 5) is 13.5. The Balaban J connectivity index is 1.57. The van der Waals surface area contributed by atoms with Crippen LogP contribution < -0.4 is 0 Å². The molecule has 1 N–H and O–H groups in total. The number of hydrogen-bond acceptors (Lipinski definition) is 2. The average Bonchev–Trinajstić information content (AvgIpc) is 3.06. The van der Waals surface area contributed by atoms with E-state index in [0.717, 1.165) is 12.8 Å². The second-order valence-electron chi connectivity index (χ2n) is 12.4. The molecule has 0 heterocycles. The Bertz CT molecular complexity index is 748. The maximum absolute atomic E-state index is 13.5. The Kier molecular flexibility index (Phi) is 6.36. The Morgan fingerprint density at radius 3 is 2.48 bits per heavy atom. The lowest BCUT2D eigenvalue weighted by molar-refractivity contribution is -0.134. The van der Waals surface area contributed by atoms with Crippen LogP contribution in [0.1, 0.15) is 92.9 Å². The highest BCUT2D eigenvalue weighted by molar-refractivity contribution is 5.94. The van der Waals surface area contributed by atoms with Crippen molar-refractivity contribution < 1.29 is 9.90 Å². The lowest BCUT2D eigenvalue weighted by Crippen LogP contribution is -2.53. The largest absolute Gasteiger partial charge is 0.393 e. The molecule has 31 heavy (non-hydrogen) atoms. The summed E-state index contributed by atoms with van der Waals surface area (Å²) in [6.07, 6.45) is 15.6. The Labute approximate surface area is 191 Å². The van der Waals surface area contributed by atoms with Crippen LogP contribution in [0, 0.1) is 52.3 Å². The summed E-state index contributed by atoms with van der Waals surface area (Å²) in [5.41, 5.74) is 1.68. The molecule has 0 aromatic heterocycles. The molecule has 174 valence electrons. The Hall–Kier alpha value is -0.890. The fourth-order valence-electron chi connectivity index (χ4n) is 8.57. The number of rotatable bonds is 5. The molecule has 3 fully saturated rings. The molecule has 4 aliphatic carbocycles. The van der Waals surface area contributed by atoms with E-state index in [4.69, 9.17) is 0 Å². The minimum atomic E-state index is -0.251. The van der Waals surface area contributed by atoms with Gasteiger partial charge in [0.15, 0.2) is 5.78 Å². The minimum Gasteiger partial charge on any atom is -0.393 e. The van der Waals surface area contributed by atoms with Crippen LogP contribution in [0.15, 0.2) is 23.8 Å².